The Balaban J connectivity index is 1.72. The van der Waals surface area contributed by atoms with Gasteiger partial charge in [-0.3, -0.25) is 23.4 Å². The number of carbonyl (C=O) groups excluding carboxylic acids is 4. The van der Waals surface area contributed by atoms with Crippen LogP contribution in [0.15, 0.2) is 54.7 Å². The number of aryl methyl sites for hydroxylation is 1. The fourth-order valence-corrected chi connectivity index (χ4v) is 6.21. The highest BCUT2D eigenvalue weighted by atomic mass is 32.2. The first-order chi connectivity index (χ1) is 23.1. The van der Waals surface area contributed by atoms with Gasteiger partial charge >= 0.3 is 23.9 Å². The van der Waals surface area contributed by atoms with Crippen molar-refractivity contribution >= 4 is 51.0 Å². The first-order valence-electron chi connectivity index (χ1n) is 15.6. The van der Waals surface area contributed by atoms with Crippen molar-refractivity contribution in [1.29, 1.82) is 0 Å². The van der Waals surface area contributed by atoms with E-state index in [0.29, 0.717) is 12.8 Å². The van der Waals surface area contributed by atoms with Crippen molar-refractivity contribution in [3.63, 3.8) is 0 Å². The molecule has 0 bridgehead atoms. The second kappa shape index (κ2) is 16.2. The molecule has 0 saturated carbocycles. The van der Waals surface area contributed by atoms with E-state index < -0.39 is 64.6 Å². The smallest absolute Gasteiger partial charge is 0.303 e. The summed E-state index contributed by atoms with van der Waals surface area (Å²) >= 11 is 0. The summed E-state index contributed by atoms with van der Waals surface area (Å²) in [6.07, 6.45) is 1.59. The van der Waals surface area contributed by atoms with Gasteiger partial charge in [0.2, 0.25) is 0 Å². The van der Waals surface area contributed by atoms with Crippen molar-refractivity contribution in [2.24, 2.45) is 0 Å². The van der Waals surface area contributed by atoms with Crippen LogP contribution in [0.3, 0.4) is 0 Å². The summed E-state index contributed by atoms with van der Waals surface area (Å²) < 4.78 is 57.5. The number of esters is 4. The second-order valence-electron chi connectivity index (χ2n) is 11.8. The Bertz CT molecular complexity index is 1810. The second-order valence-corrected chi connectivity index (χ2v) is 13.4. The highest BCUT2D eigenvalue weighted by Gasteiger charge is 2.53. The van der Waals surface area contributed by atoms with E-state index in [1.807, 2.05) is 67.7 Å². The number of fused-ring (bicyclic) bond motifs is 1. The summed E-state index contributed by atoms with van der Waals surface area (Å²) in [6.45, 7) is 6.50. The van der Waals surface area contributed by atoms with E-state index in [-0.39, 0.29) is 13.2 Å². The fraction of sp³-hybridized carbons (Fsp3) is 0.429. The molecule has 2 aromatic carbocycles. The summed E-state index contributed by atoms with van der Waals surface area (Å²) in [4.78, 5) is 48.7. The predicted molar refractivity (Wildman–Crippen MR) is 178 cm³/mol. The molecular formula is C35H41NO12S. The van der Waals surface area contributed by atoms with E-state index in [1.54, 1.807) is 4.57 Å². The molecule has 3 aromatic rings. The van der Waals surface area contributed by atoms with Crippen LogP contribution in [-0.2, 0) is 63.6 Å². The molecule has 4 rings (SSSR count). The average Bonchev–Trinajstić information content (AvgIpc) is 3.36. The Kier molecular flexibility index (Phi) is 12.4. The van der Waals surface area contributed by atoms with Gasteiger partial charge in [-0.25, -0.2) is 0 Å². The number of ether oxygens (including phenoxy) is 5. The van der Waals surface area contributed by atoms with Crippen molar-refractivity contribution in [2.75, 3.05) is 19.5 Å². The third-order valence-electron chi connectivity index (χ3n) is 7.65. The Morgan fingerprint density at radius 2 is 1.49 bits per heavy atom. The average molecular weight is 700 g/mol. The molecule has 264 valence electrons. The molecule has 0 radical (unpaired) electrons. The van der Waals surface area contributed by atoms with Gasteiger partial charge in [-0.1, -0.05) is 48.6 Å². The van der Waals surface area contributed by atoms with Crippen molar-refractivity contribution in [3.05, 3.63) is 77.0 Å². The zero-order valence-corrected chi connectivity index (χ0v) is 29.1. The van der Waals surface area contributed by atoms with Crippen molar-refractivity contribution < 1.29 is 55.5 Å². The van der Waals surface area contributed by atoms with Crippen molar-refractivity contribution in [2.45, 2.75) is 78.1 Å². The van der Waals surface area contributed by atoms with Crippen LogP contribution < -0.4 is 0 Å². The normalized spacial score (nSPS) is 21.0. The first kappa shape index (κ1) is 37.3. The van der Waals surface area contributed by atoms with E-state index in [2.05, 4.69) is 0 Å². The number of carbonyl (C=O) groups is 4. The largest absolute Gasteiger partial charge is 0.463 e. The monoisotopic (exact) mass is 699 g/mol. The van der Waals surface area contributed by atoms with Crippen LogP contribution in [0.4, 0.5) is 0 Å². The van der Waals surface area contributed by atoms with Crippen LogP contribution in [0.25, 0.3) is 17.0 Å². The molecule has 0 spiro atoms. The number of benzene rings is 2. The molecule has 5 atom stereocenters. The molecule has 1 aliphatic heterocycles. The quantitative estimate of drug-likeness (QED) is 0.108. The zero-order valence-electron chi connectivity index (χ0n) is 28.2. The zero-order chi connectivity index (χ0) is 35.9. The maximum Gasteiger partial charge on any atom is 0.303 e. The summed E-state index contributed by atoms with van der Waals surface area (Å²) in [5.41, 5.74) is 4.59. The minimum absolute atomic E-state index is 0.0659. The summed E-state index contributed by atoms with van der Waals surface area (Å²) in [5.74, 6) is -2.69. The maximum absolute atomic E-state index is 12.4. The third-order valence-corrected chi connectivity index (χ3v) is 8.25. The predicted octanol–water partition coefficient (Wildman–Crippen LogP) is 4.18. The lowest BCUT2D eigenvalue weighted by atomic mass is 9.97. The van der Waals surface area contributed by atoms with Crippen LogP contribution >= 0.6 is 0 Å². The van der Waals surface area contributed by atoms with Crippen LogP contribution in [0.1, 0.15) is 62.6 Å². The Morgan fingerprint density at radius 1 is 0.857 bits per heavy atom. The molecule has 2 heterocycles. The van der Waals surface area contributed by atoms with Crippen LogP contribution in [-0.4, -0.2) is 80.7 Å². The molecule has 1 aromatic heterocycles. The number of aromatic nitrogens is 1. The molecule has 0 aliphatic carbocycles. The van der Waals surface area contributed by atoms with Gasteiger partial charge in [0.15, 0.2) is 24.5 Å². The van der Waals surface area contributed by atoms with Gasteiger partial charge in [0.25, 0.3) is 10.1 Å². The van der Waals surface area contributed by atoms with E-state index in [9.17, 15) is 27.6 Å². The topological polar surface area (TPSA) is 163 Å². The van der Waals surface area contributed by atoms with Crippen molar-refractivity contribution in [3.8, 4) is 0 Å². The summed E-state index contributed by atoms with van der Waals surface area (Å²) in [7, 11) is -3.48. The van der Waals surface area contributed by atoms with Gasteiger partial charge in [-0.05, 0) is 48.1 Å². The number of hydrogen-bond donors (Lipinski definition) is 0. The van der Waals surface area contributed by atoms with Gasteiger partial charge in [0.1, 0.15) is 12.7 Å². The molecule has 49 heavy (non-hydrogen) atoms. The maximum atomic E-state index is 12.4. The molecule has 14 heteroatoms. The summed E-state index contributed by atoms with van der Waals surface area (Å²) in [6, 6.07) is 13.6. The van der Waals surface area contributed by atoms with Gasteiger partial charge < -0.3 is 28.3 Å². The molecule has 13 nitrogen and oxygen atoms in total. The van der Waals surface area contributed by atoms with Crippen molar-refractivity contribution in [1.82, 2.24) is 4.57 Å². The summed E-state index contributed by atoms with van der Waals surface area (Å²) in [5, 5.41) is 0.935. The Labute approximate surface area is 285 Å². The van der Waals surface area contributed by atoms with Gasteiger partial charge in [-0.2, -0.15) is 8.42 Å². The molecule has 0 N–H and O–H groups in total. The van der Waals surface area contributed by atoms with E-state index >= 15 is 0 Å². The molecular weight excluding hydrogens is 658 g/mol. The third kappa shape index (κ3) is 10.2. The standard InChI is InChI=1S/C35H41NO12S/c1-21-10-9-12-29-31(21)28(18-27-15-13-26(14-16-27)11-7-8-17-44-49(6,41)42)19-36(29)35-34(47-25(5)40)33(46-24(4)39)32(45-23(3)38)30(48-35)20-43-22(2)37/h7,9-16,19,30,32-35H,8,17-18,20H2,1-6H3/t30-,32-,33+,34-,35-/m1/s1. The van der Waals surface area contributed by atoms with Gasteiger partial charge in [0.05, 0.1) is 18.4 Å². The van der Waals surface area contributed by atoms with E-state index in [4.69, 9.17) is 27.9 Å². The highest BCUT2D eigenvalue weighted by molar-refractivity contribution is 7.85. The molecule has 1 aliphatic rings. The van der Waals surface area contributed by atoms with Crippen LogP contribution in [0, 0.1) is 6.92 Å². The lowest BCUT2D eigenvalue weighted by Gasteiger charge is -2.44. The molecule has 0 unspecified atom stereocenters. The first-order valence-corrected chi connectivity index (χ1v) is 17.4. The Morgan fingerprint density at radius 3 is 2.10 bits per heavy atom. The van der Waals surface area contributed by atoms with Crippen LogP contribution in [0.5, 0.6) is 0 Å². The lowest BCUT2D eigenvalue weighted by molar-refractivity contribution is -0.267. The minimum atomic E-state index is -3.48. The lowest BCUT2D eigenvalue weighted by Crippen LogP contribution is -2.60. The van der Waals surface area contributed by atoms with Gasteiger partial charge in [0, 0.05) is 39.3 Å². The van der Waals surface area contributed by atoms with E-state index in [1.165, 1.54) is 27.7 Å². The van der Waals surface area contributed by atoms with Crippen LogP contribution in [0.2, 0.25) is 0 Å². The Hall–Kier alpha value is -4.53. The number of rotatable bonds is 13. The minimum Gasteiger partial charge on any atom is -0.463 e. The molecule has 1 fully saturated rings. The highest BCUT2D eigenvalue weighted by Crippen LogP contribution is 2.38. The molecule has 1 saturated heterocycles. The SMILES string of the molecule is CC(=O)OC[C@H]1O[C@@H](n2cc(Cc3ccc(C=CCCOS(C)(=O)=O)cc3)c3c(C)cccc32)[C@H](OC(C)=O)[C@@H](OC(C)=O)[C@@H]1OC(C)=O. The fourth-order valence-electron chi connectivity index (χ4n) is 5.81. The number of hydrogen-bond acceptors (Lipinski definition) is 12. The van der Waals surface area contributed by atoms with Gasteiger partial charge in [-0.15, -0.1) is 0 Å². The van der Waals surface area contributed by atoms with E-state index in [0.717, 1.165) is 39.4 Å². The molecule has 0 amide bonds. The number of nitrogens with zero attached hydrogens (tertiary/aromatic N) is 1.